The number of nitrogens with zero attached hydrogens (tertiary/aromatic N) is 1. The highest BCUT2D eigenvalue weighted by Crippen LogP contribution is 2.33. The second-order valence-electron chi connectivity index (χ2n) is 7.57. The van der Waals surface area contributed by atoms with Gasteiger partial charge in [0.05, 0.1) is 0 Å². The lowest BCUT2D eigenvalue weighted by molar-refractivity contribution is -0.148. The zero-order valence-electron chi connectivity index (χ0n) is 16.6. The number of piperidine rings is 1. The molecule has 2 saturated heterocycles. The summed E-state index contributed by atoms with van der Waals surface area (Å²) in [5.74, 6) is -2.11. The van der Waals surface area contributed by atoms with Crippen LogP contribution in [0.2, 0.25) is 0 Å². The predicted octanol–water partition coefficient (Wildman–Crippen LogP) is 4.22. The van der Waals surface area contributed by atoms with Crippen LogP contribution in [0.3, 0.4) is 0 Å². The second kappa shape index (κ2) is 11.1. The van der Waals surface area contributed by atoms with E-state index >= 15 is 0 Å². The number of benzene rings is 1. The van der Waals surface area contributed by atoms with Gasteiger partial charge < -0.3 is 14.7 Å². The molecule has 2 bridgehead atoms. The standard InChI is InChI=1S/C14H18O4.C8H15N/c1-2-3-9-13(15)18-10-12(14(16)17)11-7-5-4-6-8-11;1-9-7-3-2-4-8(9)6-5-7/h4-8,12H,2-3,9-10H2,1H3,(H,16,17);7-8H,2-6H2,1H3. The molecule has 2 heterocycles. The summed E-state index contributed by atoms with van der Waals surface area (Å²) in [6, 6.07) is 10.7. The van der Waals surface area contributed by atoms with E-state index in [4.69, 9.17) is 9.84 Å². The number of unbranched alkanes of at least 4 members (excludes halogenated alkanes) is 1. The van der Waals surface area contributed by atoms with Crippen molar-refractivity contribution in [3.05, 3.63) is 35.9 Å². The van der Waals surface area contributed by atoms with Gasteiger partial charge >= 0.3 is 11.9 Å². The van der Waals surface area contributed by atoms with Crippen molar-refractivity contribution in [1.29, 1.82) is 0 Å². The number of esters is 1. The quantitative estimate of drug-likeness (QED) is 0.723. The summed E-state index contributed by atoms with van der Waals surface area (Å²) < 4.78 is 5.00. The van der Waals surface area contributed by atoms with Crippen molar-refractivity contribution in [1.82, 2.24) is 4.90 Å². The van der Waals surface area contributed by atoms with Gasteiger partial charge in [0.1, 0.15) is 12.5 Å². The van der Waals surface area contributed by atoms with E-state index in [9.17, 15) is 9.59 Å². The topological polar surface area (TPSA) is 66.8 Å². The van der Waals surface area contributed by atoms with E-state index in [0.29, 0.717) is 12.0 Å². The third-order valence-electron chi connectivity index (χ3n) is 5.71. The lowest BCUT2D eigenvalue weighted by Crippen LogP contribution is -2.35. The van der Waals surface area contributed by atoms with Crippen LogP contribution in [0.5, 0.6) is 0 Å². The number of carbonyl (C=O) groups excluding carboxylic acids is 1. The minimum Gasteiger partial charge on any atom is -0.481 e. The Morgan fingerprint density at radius 3 is 2.30 bits per heavy atom. The van der Waals surface area contributed by atoms with Gasteiger partial charge in [-0.3, -0.25) is 9.59 Å². The fourth-order valence-electron chi connectivity index (χ4n) is 3.94. The maximum absolute atomic E-state index is 11.3. The van der Waals surface area contributed by atoms with Gasteiger partial charge in [0.25, 0.3) is 0 Å². The van der Waals surface area contributed by atoms with Crippen LogP contribution in [-0.2, 0) is 14.3 Å². The first-order chi connectivity index (χ1) is 13.0. The van der Waals surface area contributed by atoms with Crippen molar-refractivity contribution < 1.29 is 19.4 Å². The molecule has 0 saturated carbocycles. The molecule has 2 fully saturated rings. The van der Waals surface area contributed by atoms with Crippen molar-refractivity contribution in [2.24, 2.45) is 0 Å². The summed E-state index contributed by atoms with van der Waals surface area (Å²) in [7, 11) is 2.29. The normalized spacial score (nSPS) is 22.4. The first-order valence-corrected chi connectivity index (χ1v) is 10.2. The van der Waals surface area contributed by atoms with E-state index in [0.717, 1.165) is 24.9 Å². The van der Waals surface area contributed by atoms with Crippen molar-refractivity contribution >= 4 is 11.9 Å². The Labute approximate surface area is 162 Å². The molecule has 150 valence electrons. The SMILES string of the molecule is CCCCC(=O)OCC(C(=O)O)c1ccccc1.CN1C2CCCC1CC2. The lowest BCUT2D eigenvalue weighted by atomic mass is 10.0. The van der Waals surface area contributed by atoms with Crippen molar-refractivity contribution in [2.45, 2.75) is 76.3 Å². The van der Waals surface area contributed by atoms with Crippen LogP contribution in [0.4, 0.5) is 0 Å². The molecule has 0 amide bonds. The fourth-order valence-corrected chi connectivity index (χ4v) is 3.94. The molecule has 2 aliphatic heterocycles. The minimum atomic E-state index is -0.982. The Kier molecular flexibility index (Phi) is 8.79. The number of ether oxygens (including phenoxy) is 1. The number of carboxylic acids is 1. The number of aliphatic carboxylic acids is 1. The van der Waals surface area contributed by atoms with E-state index in [1.807, 2.05) is 13.0 Å². The molecule has 0 aromatic heterocycles. The fraction of sp³-hybridized carbons (Fsp3) is 0.636. The molecule has 3 atom stereocenters. The molecule has 1 N–H and O–H groups in total. The third-order valence-corrected chi connectivity index (χ3v) is 5.71. The Morgan fingerprint density at radius 2 is 1.78 bits per heavy atom. The highest BCUT2D eigenvalue weighted by Gasteiger charge is 2.33. The zero-order chi connectivity index (χ0) is 19.6. The van der Waals surface area contributed by atoms with E-state index in [1.165, 1.54) is 32.1 Å². The van der Waals surface area contributed by atoms with Crippen LogP contribution in [-0.4, -0.2) is 47.7 Å². The molecule has 3 rings (SSSR count). The van der Waals surface area contributed by atoms with Gasteiger partial charge in [-0.25, -0.2) is 0 Å². The second-order valence-corrected chi connectivity index (χ2v) is 7.57. The summed E-state index contributed by atoms with van der Waals surface area (Å²) in [6.07, 6.45) is 9.39. The van der Waals surface area contributed by atoms with Crippen LogP contribution in [0.15, 0.2) is 30.3 Å². The smallest absolute Gasteiger partial charge is 0.314 e. The monoisotopic (exact) mass is 375 g/mol. The van der Waals surface area contributed by atoms with E-state index in [1.54, 1.807) is 24.3 Å². The first-order valence-electron chi connectivity index (χ1n) is 10.2. The molecule has 0 radical (unpaired) electrons. The zero-order valence-corrected chi connectivity index (χ0v) is 16.6. The lowest BCUT2D eigenvalue weighted by Gasteiger charge is -2.30. The van der Waals surface area contributed by atoms with E-state index < -0.39 is 11.9 Å². The Balaban J connectivity index is 0.000000239. The summed E-state index contributed by atoms with van der Waals surface area (Å²) in [4.78, 5) is 25.1. The van der Waals surface area contributed by atoms with Gasteiger partial charge in [-0.2, -0.15) is 0 Å². The Bertz CT molecular complexity index is 573. The molecule has 3 unspecified atom stereocenters. The van der Waals surface area contributed by atoms with E-state index in [2.05, 4.69) is 11.9 Å². The molecule has 5 heteroatoms. The van der Waals surface area contributed by atoms with Crippen LogP contribution in [0, 0.1) is 0 Å². The summed E-state index contributed by atoms with van der Waals surface area (Å²) >= 11 is 0. The molecule has 0 spiro atoms. The maximum Gasteiger partial charge on any atom is 0.314 e. The largest absolute Gasteiger partial charge is 0.481 e. The molecule has 1 aromatic carbocycles. The van der Waals surface area contributed by atoms with Gasteiger partial charge in [0, 0.05) is 18.5 Å². The average Bonchev–Trinajstić information content (AvgIpc) is 2.87. The summed E-state index contributed by atoms with van der Waals surface area (Å²) in [5, 5.41) is 9.12. The molecule has 1 aromatic rings. The third kappa shape index (κ3) is 6.65. The maximum atomic E-state index is 11.3. The molecule has 2 aliphatic rings. The molecule has 5 nitrogen and oxygen atoms in total. The first kappa shape index (κ1) is 21.4. The number of carbonyl (C=O) groups is 2. The van der Waals surface area contributed by atoms with Gasteiger partial charge in [0.2, 0.25) is 0 Å². The van der Waals surface area contributed by atoms with Crippen molar-refractivity contribution in [3.8, 4) is 0 Å². The number of hydrogen-bond donors (Lipinski definition) is 1. The highest BCUT2D eigenvalue weighted by molar-refractivity contribution is 5.77. The number of hydrogen-bond acceptors (Lipinski definition) is 4. The Morgan fingerprint density at radius 1 is 1.15 bits per heavy atom. The van der Waals surface area contributed by atoms with Crippen LogP contribution in [0.25, 0.3) is 0 Å². The van der Waals surface area contributed by atoms with Gasteiger partial charge in [-0.15, -0.1) is 0 Å². The molecular weight excluding hydrogens is 342 g/mol. The number of rotatable bonds is 7. The predicted molar refractivity (Wildman–Crippen MR) is 106 cm³/mol. The minimum absolute atomic E-state index is 0.109. The van der Waals surface area contributed by atoms with Gasteiger partial charge in [0.15, 0.2) is 0 Å². The van der Waals surface area contributed by atoms with Crippen LogP contribution in [0.1, 0.15) is 69.8 Å². The van der Waals surface area contributed by atoms with Crippen LogP contribution >= 0.6 is 0 Å². The van der Waals surface area contributed by atoms with Gasteiger partial charge in [-0.05, 0) is 44.7 Å². The highest BCUT2D eigenvalue weighted by atomic mass is 16.5. The molecule has 0 aliphatic carbocycles. The molecular formula is C22H33NO4. The number of carboxylic acid groups (broad SMARTS) is 1. The van der Waals surface area contributed by atoms with Crippen LogP contribution < -0.4 is 0 Å². The summed E-state index contributed by atoms with van der Waals surface area (Å²) in [5.41, 5.74) is 0.647. The van der Waals surface area contributed by atoms with Crippen molar-refractivity contribution in [2.75, 3.05) is 13.7 Å². The summed E-state index contributed by atoms with van der Waals surface area (Å²) in [6.45, 7) is 1.87. The van der Waals surface area contributed by atoms with Gasteiger partial charge in [-0.1, -0.05) is 50.1 Å². The average molecular weight is 376 g/mol. The van der Waals surface area contributed by atoms with Crippen molar-refractivity contribution in [3.63, 3.8) is 0 Å². The number of fused-ring (bicyclic) bond motifs is 2. The molecule has 27 heavy (non-hydrogen) atoms. The Hall–Kier alpha value is -1.88. The van der Waals surface area contributed by atoms with E-state index in [-0.39, 0.29) is 12.6 Å².